The average Bonchev–Trinajstić information content (AvgIpc) is 3.79. The van der Waals surface area contributed by atoms with E-state index >= 15 is 0 Å². The summed E-state index contributed by atoms with van der Waals surface area (Å²) in [5.74, 6) is -5.42. The predicted molar refractivity (Wildman–Crippen MR) is 139 cm³/mol. The summed E-state index contributed by atoms with van der Waals surface area (Å²) >= 11 is 0. The molecule has 0 unspecified atom stereocenters. The summed E-state index contributed by atoms with van der Waals surface area (Å²) in [5.41, 5.74) is -0.743. The van der Waals surface area contributed by atoms with Gasteiger partial charge in [-0.15, -0.1) is 0 Å². The summed E-state index contributed by atoms with van der Waals surface area (Å²) in [7, 11) is 0. The molecule has 42 heavy (non-hydrogen) atoms. The van der Waals surface area contributed by atoms with E-state index in [2.05, 4.69) is 10.3 Å². The smallest absolute Gasteiger partial charge is 0.282 e. The maximum Gasteiger partial charge on any atom is 0.282 e. The minimum atomic E-state index is -3.05. The number of benzene rings is 1. The van der Waals surface area contributed by atoms with Crippen LogP contribution in [0.25, 0.3) is 11.1 Å². The first-order valence-electron chi connectivity index (χ1n) is 12.7. The molecule has 2 amide bonds. The molecule has 1 saturated heterocycles. The van der Waals surface area contributed by atoms with Crippen molar-refractivity contribution in [3.63, 3.8) is 0 Å². The van der Waals surface area contributed by atoms with Gasteiger partial charge in [-0.2, -0.15) is 10.2 Å². The van der Waals surface area contributed by atoms with Crippen molar-refractivity contribution >= 4 is 23.9 Å². The quantitative estimate of drug-likeness (QED) is 0.298. The number of alkyl halides is 4. The Morgan fingerprint density at radius 1 is 1.17 bits per heavy atom. The van der Waals surface area contributed by atoms with Gasteiger partial charge in [0, 0.05) is 29.4 Å². The van der Waals surface area contributed by atoms with Crippen LogP contribution in [0.3, 0.4) is 0 Å². The molecule has 0 spiro atoms. The van der Waals surface area contributed by atoms with Crippen LogP contribution in [0, 0.1) is 11.3 Å². The first-order valence-corrected chi connectivity index (χ1v) is 12.7. The van der Waals surface area contributed by atoms with Crippen LogP contribution < -0.4 is 15.6 Å². The lowest BCUT2D eigenvalue weighted by Crippen LogP contribution is -2.58. The van der Waals surface area contributed by atoms with E-state index in [4.69, 9.17) is 4.74 Å². The SMILES string of the molecule is N#Cc1ccc(-c2cc(NC(=O)c3cc(C=O)cn(C4CC4)c3=O)nc(OCC(F)F)c2)c(C(=O)N2CC(F)(F)C2)c1. The fraction of sp³-hybridized carbons (Fsp3) is 0.286. The number of hydrogen-bond acceptors (Lipinski definition) is 7. The number of aromatic nitrogens is 2. The van der Waals surface area contributed by atoms with Crippen molar-refractivity contribution < 1.29 is 36.7 Å². The number of hydrogen-bond donors (Lipinski definition) is 1. The highest BCUT2D eigenvalue weighted by Gasteiger charge is 2.46. The molecule has 10 nitrogen and oxygen atoms in total. The summed E-state index contributed by atoms with van der Waals surface area (Å²) in [6.07, 6.45) is 0.384. The molecule has 1 N–H and O–H groups in total. The maximum atomic E-state index is 13.5. The van der Waals surface area contributed by atoms with E-state index < -0.39 is 49.4 Å². The van der Waals surface area contributed by atoms with E-state index in [9.17, 15) is 42.0 Å². The zero-order chi connectivity index (χ0) is 30.2. The molecule has 2 fully saturated rings. The monoisotopic (exact) mass is 583 g/mol. The number of nitrogens with one attached hydrogen (secondary N) is 1. The predicted octanol–water partition coefficient (Wildman–Crippen LogP) is 3.92. The third-order valence-electron chi connectivity index (χ3n) is 6.61. The van der Waals surface area contributed by atoms with E-state index in [0.29, 0.717) is 19.1 Å². The normalized spacial score (nSPS) is 15.5. The number of likely N-dealkylation sites (tertiary alicyclic amines) is 1. The number of ether oxygens (including phenoxy) is 1. The van der Waals surface area contributed by atoms with E-state index in [-0.39, 0.29) is 51.1 Å². The summed E-state index contributed by atoms with van der Waals surface area (Å²) in [4.78, 5) is 55.6. The molecule has 14 heteroatoms. The summed E-state index contributed by atoms with van der Waals surface area (Å²) in [6.45, 7) is -2.69. The topological polar surface area (TPSA) is 134 Å². The third kappa shape index (κ3) is 5.99. The van der Waals surface area contributed by atoms with Crippen LogP contribution in [-0.4, -0.2) is 64.6 Å². The minimum Gasteiger partial charge on any atom is -0.472 e. The van der Waals surface area contributed by atoms with E-state index in [1.807, 2.05) is 6.07 Å². The first kappa shape index (κ1) is 28.5. The molecule has 2 aromatic heterocycles. The molecule has 1 saturated carbocycles. The minimum absolute atomic E-state index is 0.0631. The number of nitriles is 1. The Morgan fingerprint density at radius 2 is 1.90 bits per heavy atom. The van der Waals surface area contributed by atoms with Crippen LogP contribution in [0.2, 0.25) is 0 Å². The largest absolute Gasteiger partial charge is 0.472 e. The number of amides is 2. The van der Waals surface area contributed by atoms with Gasteiger partial charge < -0.3 is 19.5 Å². The average molecular weight is 583 g/mol. The van der Waals surface area contributed by atoms with E-state index in [0.717, 1.165) is 11.0 Å². The van der Waals surface area contributed by atoms with E-state index in [1.165, 1.54) is 41.1 Å². The number of nitrogens with zero attached hydrogens (tertiary/aromatic N) is 4. The van der Waals surface area contributed by atoms with Crippen LogP contribution in [-0.2, 0) is 0 Å². The van der Waals surface area contributed by atoms with Crippen molar-refractivity contribution in [1.82, 2.24) is 14.5 Å². The zero-order valence-corrected chi connectivity index (χ0v) is 21.7. The molecule has 3 aromatic rings. The number of halogens is 4. The Kier molecular flexibility index (Phi) is 7.51. The number of carbonyl (C=O) groups is 3. The molecule has 1 aliphatic carbocycles. The fourth-order valence-corrected chi connectivity index (χ4v) is 4.47. The lowest BCUT2D eigenvalue weighted by molar-refractivity contribution is -0.113. The number of rotatable bonds is 9. The van der Waals surface area contributed by atoms with Crippen LogP contribution in [0.5, 0.6) is 5.88 Å². The van der Waals surface area contributed by atoms with Crippen LogP contribution in [0.4, 0.5) is 23.4 Å². The van der Waals surface area contributed by atoms with Gasteiger partial charge in [-0.3, -0.25) is 19.2 Å². The second-order valence-electron chi connectivity index (χ2n) is 9.87. The first-order chi connectivity index (χ1) is 20.0. The van der Waals surface area contributed by atoms with Crippen molar-refractivity contribution in [3.05, 3.63) is 75.2 Å². The Labute approximate surface area is 235 Å². The van der Waals surface area contributed by atoms with Gasteiger partial charge in [-0.05, 0) is 48.2 Å². The summed E-state index contributed by atoms with van der Waals surface area (Å²) < 4.78 is 59.2. The van der Waals surface area contributed by atoms with Crippen LogP contribution in [0.1, 0.15) is 55.5 Å². The highest BCUT2D eigenvalue weighted by molar-refractivity contribution is 6.05. The van der Waals surface area contributed by atoms with Crippen LogP contribution in [0.15, 0.2) is 47.4 Å². The van der Waals surface area contributed by atoms with Gasteiger partial charge in [-0.1, -0.05) is 6.07 Å². The zero-order valence-electron chi connectivity index (χ0n) is 21.7. The molecular formula is C28H21F4N5O5. The van der Waals surface area contributed by atoms with Gasteiger partial charge in [0.25, 0.3) is 29.7 Å². The third-order valence-corrected chi connectivity index (χ3v) is 6.61. The van der Waals surface area contributed by atoms with Crippen molar-refractivity contribution in [1.29, 1.82) is 5.26 Å². The second-order valence-corrected chi connectivity index (χ2v) is 9.87. The Morgan fingerprint density at radius 3 is 2.52 bits per heavy atom. The summed E-state index contributed by atoms with van der Waals surface area (Å²) in [6, 6.07) is 9.24. The van der Waals surface area contributed by atoms with Crippen molar-refractivity contribution in [2.45, 2.75) is 31.2 Å². The van der Waals surface area contributed by atoms with Crippen molar-refractivity contribution in [2.75, 3.05) is 25.0 Å². The maximum absolute atomic E-state index is 13.5. The number of anilines is 1. The molecular weight excluding hydrogens is 562 g/mol. The number of carbonyl (C=O) groups excluding carboxylic acids is 3. The molecule has 216 valence electrons. The molecule has 1 aromatic carbocycles. The van der Waals surface area contributed by atoms with Gasteiger partial charge in [0.1, 0.15) is 11.4 Å². The van der Waals surface area contributed by atoms with E-state index in [1.54, 1.807) is 0 Å². The molecule has 0 radical (unpaired) electrons. The van der Waals surface area contributed by atoms with Gasteiger partial charge in [0.05, 0.1) is 24.7 Å². The van der Waals surface area contributed by atoms with Gasteiger partial charge >= 0.3 is 0 Å². The fourth-order valence-electron chi connectivity index (χ4n) is 4.47. The van der Waals surface area contributed by atoms with Crippen molar-refractivity contribution in [2.24, 2.45) is 0 Å². The second kappa shape index (κ2) is 11.1. The Hall–Kier alpha value is -5.06. The molecule has 3 heterocycles. The highest BCUT2D eigenvalue weighted by atomic mass is 19.3. The lowest BCUT2D eigenvalue weighted by Gasteiger charge is -2.39. The molecule has 2 aliphatic rings. The van der Waals surface area contributed by atoms with Crippen molar-refractivity contribution in [3.8, 4) is 23.1 Å². The van der Waals surface area contributed by atoms with Gasteiger partial charge in [0.15, 0.2) is 12.9 Å². The van der Waals surface area contributed by atoms with Gasteiger partial charge in [-0.25, -0.2) is 17.6 Å². The molecule has 0 bridgehead atoms. The Balaban J connectivity index is 1.54. The lowest BCUT2D eigenvalue weighted by atomic mass is 9.96. The molecule has 1 aliphatic heterocycles. The standard InChI is InChI=1S/C28H21F4N5O5/c29-22(30)12-42-24-8-17(19-4-1-15(9-33)5-20(19)26(40)36-13-28(31,32)14-36)7-23(34-24)35-25(39)21-6-16(11-38)10-37(27(21)41)18-2-3-18/h1,4-8,10-11,18,22H,2-3,12-14H2,(H,34,35,39). The Bertz CT molecular complexity index is 1690. The molecule has 5 rings (SSSR count). The number of aldehydes is 1. The van der Waals surface area contributed by atoms with Gasteiger partial charge in [0.2, 0.25) is 5.88 Å². The van der Waals surface area contributed by atoms with Crippen LogP contribution >= 0.6 is 0 Å². The summed E-state index contributed by atoms with van der Waals surface area (Å²) in [5, 5.41) is 11.7. The number of pyridine rings is 2. The highest BCUT2D eigenvalue weighted by Crippen LogP contribution is 2.35. The molecule has 0 atom stereocenters.